The summed E-state index contributed by atoms with van der Waals surface area (Å²) >= 11 is 1.54. The molecule has 6 nitrogen and oxygen atoms in total. The molecule has 2 aromatic rings. The highest BCUT2D eigenvalue weighted by atomic mass is 35.5. The third-order valence-electron chi connectivity index (χ3n) is 5.70. The highest BCUT2D eigenvalue weighted by Crippen LogP contribution is 2.56. The summed E-state index contributed by atoms with van der Waals surface area (Å²) in [6.07, 6.45) is 2.86. The van der Waals surface area contributed by atoms with Gasteiger partial charge in [-0.15, -0.1) is 12.4 Å². The number of nitrogens with one attached hydrogen (secondary N) is 1. The van der Waals surface area contributed by atoms with E-state index in [1.54, 1.807) is 16.2 Å². The number of thiophene rings is 1. The average molecular weight is 426 g/mol. The third-order valence-corrected chi connectivity index (χ3v) is 6.43. The van der Waals surface area contributed by atoms with Crippen molar-refractivity contribution < 1.29 is 14.1 Å². The van der Waals surface area contributed by atoms with Gasteiger partial charge in [0, 0.05) is 18.7 Å². The molecule has 28 heavy (non-hydrogen) atoms. The monoisotopic (exact) mass is 425 g/mol. The maximum Gasteiger partial charge on any atom is 0.282 e. The Morgan fingerprint density at radius 1 is 1.36 bits per heavy atom. The number of rotatable bonds is 5. The fourth-order valence-corrected chi connectivity index (χ4v) is 4.79. The fourth-order valence-electron chi connectivity index (χ4n) is 4.13. The van der Waals surface area contributed by atoms with E-state index < -0.39 is 16.6 Å². The van der Waals surface area contributed by atoms with Crippen LogP contribution in [-0.2, 0) is 6.54 Å². The molecule has 1 spiro atoms. The summed E-state index contributed by atoms with van der Waals surface area (Å²) < 4.78 is 13.8. The van der Waals surface area contributed by atoms with Gasteiger partial charge in [-0.25, -0.2) is 4.39 Å². The van der Waals surface area contributed by atoms with Crippen LogP contribution in [0.15, 0.2) is 35.0 Å². The van der Waals surface area contributed by atoms with Crippen LogP contribution >= 0.6 is 23.7 Å². The van der Waals surface area contributed by atoms with E-state index in [1.807, 2.05) is 16.8 Å². The fraction of sp³-hybridized carbons (Fsp3) is 0.421. The molecule has 1 aromatic carbocycles. The van der Waals surface area contributed by atoms with Crippen molar-refractivity contribution in [1.82, 2.24) is 10.2 Å². The van der Waals surface area contributed by atoms with Crippen LogP contribution in [-0.4, -0.2) is 34.9 Å². The summed E-state index contributed by atoms with van der Waals surface area (Å²) in [5, 5.41) is 18.6. The van der Waals surface area contributed by atoms with Crippen LogP contribution in [0.25, 0.3) is 0 Å². The van der Waals surface area contributed by atoms with Crippen molar-refractivity contribution in [2.75, 3.05) is 13.1 Å². The van der Waals surface area contributed by atoms with Gasteiger partial charge in [0.2, 0.25) is 0 Å². The number of piperidine rings is 1. The second-order valence-electron chi connectivity index (χ2n) is 7.32. The first kappa shape index (κ1) is 20.7. The molecule has 1 atom stereocenters. The summed E-state index contributed by atoms with van der Waals surface area (Å²) in [5.41, 5.74) is 0.547. The van der Waals surface area contributed by atoms with E-state index in [0.717, 1.165) is 56.1 Å². The molecule has 150 valence electrons. The lowest BCUT2D eigenvalue weighted by molar-refractivity contribution is -0.385. The van der Waals surface area contributed by atoms with Gasteiger partial charge in [-0.05, 0) is 72.3 Å². The first-order valence-electron chi connectivity index (χ1n) is 8.97. The van der Waals surface area contributed by atoms with Gasteiger partial charge in [0.1, 0.15) is 11.4 Å². The molecule has 9 heteroatoms. The number of benzene rings is 1. The van der Waals surface area contributed by atoms with Crippen molar-refractivity contribution in [2.45, 2.75) is 31.8 Å². The zero-order valence-electron chi connectivity index (χ0n) is 15.1. The minimum atomic E-state index is -0.646. The predicted molar refractivity (Wildman–Crippen MR) is 107 cm³/mol. The van der Waals surface area contributed by atoms with E-state index >= 15 is 0 Å². The number of hydrogen-bond donors (Lipinski definition) is 1. The maximum absolute atomic E-state index is 13.8. The Bertz CT molecular complexity index is 871. The topological polar surface area (TPSA) is 75.5 Å². The highest BCUT2D eigenvalue weighted by molar-refractivity contribution is 7.07. The van der Waals surface area contributed by atoms with Gasteiger partial charge in [-0.3, -0.25) is 14.9 Å². The molecule has 2 heterocycles. The molecule has 1 saturated carbocycles. The molecule has 2 fully saturated rings. The van der Waals surface area contributed by atoms with Gasteiger partial charge in [-0.1, -0.05) is 0 Å². The quantitative estimate of drug-likeness (QED) is 0.580. The number of amides is 1. The Morgan fingerprint density at radius 2 is 2.11 bits per heavy atom. The average Bonchev–Trinajstić information content (AvgIpc) is 3.08. The minimum Gasteiger partial charge on any atom is -0.331 e. The number of nitrogens with zero attached hydrogens (tertiary/aromatic N) is 2. The molecule has 1 amide bonds. The molecular weight excluding hydrogens is 405 g/mol. The standard InChI is InChI=1S/C19H20FN3O3S.ClH/c20-14-1-2-16(23(25)26)15(9-14)18(24)22(11-13-3-8-27-12-13)17-10-19(17)4-6-21-7-5-19;/h1-3,8-9,12,17,21H,4-7,10-11H2;1H. The van der Waals surface area contributed by atoms with Crippen LogP contribution in [0.1, 0.15) is 35.2 Å². The second-order valence-corrected chi connectivity index (χ2v) is 8.10. The Hall–Kier alpha value is -2.03. The summed E-state index contributed by atoms with van der Waals surface area (Å²) in [6, 6.07) is 5.05. The Morgan fingerprint density at radius 3 is 2.75 bits per heavy atom. The third kappa shape index (κ3) is 3.90. The molecule has 1 aliphatic heterocycles. The molecule has 1 saturated heterocycles. The summed E-state index contributed by atoms with van der Waals surface area (Å²) in [4.78, 5) is 25.8. The summed E-state index contributed by atoms with van der Waals surface area (Å²) in [5.74, 6) is -1.11. The number of nitro groups is 1. The number of hydrogen-bond acceptors (Lipinski definition) is 5. The Labute approximate surface area is 172 Å². The number of halogens is 2. The molecule has 0 radical (unpaired) electrons. The Balaban J connectivity index is 0.00000225. The van der Waals surface area contributed by atoms with E-state index in [1.165, 1.54) is 0 Å². The largest absolute Gasteiger partial charge is 0.331 e. The normalized spacial score (nSPS) is 19.7. The van der Waals surface area contributed by atoms with Gasteiger partial charge in [0.25, 0.3) is 11.6 Å². The maximum atomic E-state index is 13.8. The van der Waals surface area contributed by atoms with Crippen molar-refractivity contribution in [3.63, 3.8) is 0 Å². The van der Waals surface area contributed by atoms with E-state index in [4.69, 9.17) is 0 Å². The van der Waals surface area contributed by atoms with Crippen molar-refractivity contribution in [2.24, 2.45) is 5.41 Å². The minimum absolute atomic E-state index is 0. The Kier molecular flexibility index (Phi) is 6.02. The highest BCUT2D eigenvalue weighted by Gasteiger charge is 2.58. The van der Waals surface area contributed by atoms with Gasteiger partial charge in [0.15, 0.2) is 0 Å². The number of carbonyl (C=O) groups is 1. The second kappa shape index (κ2) is 8.14. The molecule has 0 bridgehead atoms. The van der Waals surface area contributed by atoms with E-state index in [-0.39, 0.29) is 35.1 Å². The first-order chi connectivity index (χ1) is 13.0. The van der Waals surface area contributed by atoms with E-state index in [0.29, 0.717) is 6.54 Å². The van der Waals surface area contributed by atoms with Gasteiger partial charge in [0.05, 0.1) is 4.92 Å². The summed E-state index contributed by atoms with van der Waals surface area (Å²) in [6.45, 7) is 2.21. The molecule has 2 aliphatic rings. The van der Waals surface area contributed by atoms with Crippen molar-refractivity contribution in [1.29, 1.82) is 0 Å². The van der Waals surface area contributed by atoms with E-state index in [2.05, 4.69) is 5.32 Å². The van der Waals surface area contributed by atoms with E-state index in [9.17, 15) is 19.3 Å². The molecule has 1 N–H and O–H groups in total. The van der Waals surface area contributed by atoms with Gasteiger partial charge >= 0.3 is 0 Å². The molecule has 4 rings (SSSR count). The molecule has 1 aromatic heterocycles. The number of nitro benzene ring substituents is 1. The zero-order chi connectivity index (χ0) is 19.0. The van der Waals surface area contributed by atoms with Crippen LogP contribution in [0.5, 0.6) is 0 Å². The van der Waals surface area contributed by atoms with Crippen LogP contribution in [0.2, 0.25) is 0 Å². The number of carbonyl (C=O) groups excluding carboxylic acids is 1. The predicted octanol–water partition coefficient (Wildman–Crippen LogP) is 4.00. The SMILES string of the molecule is Cl.O=C(c1cc(F)ccc1[N+](=O)[O-])N(Cc1ccsc1)C1CC12CCNCC2. The lowest BCUT2D eigenvalue weighted by atomic mass is 9.93. The van der Waals surface area contributed by atoms with Crippen LogP contribution in [0, 0.1) is 21.3 Å². The summed E-state index contributed by atoms with van der Waals surface area (Å²) in [7, 11) is 0. The lowest BCUT2D eigenvalue weighted by Gasteiger charge is -2.29. The zero-order valence-corrected chi connectivity index (χ0v) is 16.7. The van der Waals surface area contributed by atoms with Crippen molar-refractivity contribution in [3.8, 4) is 0 Å². The van der Waals surface area contributed by atoms with Crippen molar-refractivity contribution in [3.05, 3.63) is 62.1 Å². The molecular formula is C19H21ClFN3O3S. The van der Waals surface area contributed by atoms with Gasteiger partial charge in [-0.2, -0.15) is 11.3 Å². The van der Waals surface area contributed by atoms with Crippen molar-refractivity contribution >= 4 is 35.3 Å². The molecule has 1 aliphatic carbocycles. The first-order valence-corrected chi connectivity index (χ1v) is 9.91. The smallest absolute Gasteiger partial charge is 0.282 e. The lowest BCUT2D eigenvalue weighted by Crippen LogP contribution is -2.39. The van der Waals surface area contributed by atoms with Crippen LogP contribution in [0.4, 0.5) is 10.1 Å². The van der Waals surface area contributed by atoms with Crippen LogP contribution < -0.4 is 5.32 Å². The molecule has 1 unspecified atom stereocenters. The van der Waals surface area contributed by atoms with Gasteiger partial charge < -0.3 is 10.2 Å². The van der Waals surface area contributed by atoms with Crippen LogP contribution in [0.3, 0.4) is 0 Å².